The molecule has 0 unspecified atom stereocenters. The number of carbonyl (C=O) groups excluding carboxylic acids is 1. The normalized spacial score (nSPS) is 10.3. The van der Waals surface area contributed by atoms with Crippen molar-refractivity contribution in [1.82, 2.24) is 10.3 Å². The van der Waals surface area contributed by atoms with E-state index in [1.807, 2.05) is 50.2 Å². The summed E-state index contributed by atoms with van der Waals surface area (Å²) in [4.78, 5) is 28.7. The molecule has 0 radical (unpaired) electrons. The number of hydrogen-bond acceptors (Lipinski definition) is 3. The van der Waals surface area contributed by atoms with Crippen molar-refractivity contribution in [2.45, 2.75) is 13.3 Å². The molecule has 0 bridgehead atoms. The lowest BCUT2D eigenvalue weighted by molar-refractivity contribution is 0.0952. The molecule has 0 spiro atoms. The number of aromatic amines is 1. The maximum Gasteiger partial charge on any atom is 0.261 e. The van der Waals surface area contributed by atoms with Crippen molar-refractivity contribution in [2.75, 3.05) is 25.5 Å². The summed E-state index contributed by atoms with van der Waals surface area (Å²) < 4.78 is 0. The van der Waals surface area contributed by atoms with Crippen LogP contribution in [0, 0.1) is 0 Å². The number of nitrogens with zero attached hydrogens (tertiary/aromatic N) is 1. The average molecular weight is 299 g/mol. The molecule has 22 heavy (non-hydrogen) atoms. The van der Waals surface area contributed by atoms with Crippen molar-refractivity contribution in [2.24, 2.45) is 0 Å². The van der Waals surface area contributed by atoms with Gasteiger partial charge in [0.1, 0.15) is 5.56 Å². The first kappa shape index (κ1) is 15.8. The van der Waals surface area contributed by atoms with Gasteiger partial charge in [0.25, 0.3) is 11.5 Å². The number of aromatic nitrogens is 1. The lowest BCUT2D eigenvalue weighted by Crippen LogP contribution is -2.30. The van der Waals surface area contributed by atoms with E-state index >= 15 is 0 Å². The molecule has 2 rings (SSSR count). The Balaban J connectivity index is 2.25. The first-order valence-corrected chi connectivity index (χ1v) is 7.32. The van der Waals surface area contributed by atoms with E-state index < -0.39 is 0 Å². The van der Waals surface area contributed by atoms with Crippen LogP contribution in [0.3, 0.4) is 0 Å². The van der Waals surface area contributed by atoms with E-state index in [0.717, 1.165) is 17.7 Å². The highest BCUT2D eigenvalue weighted by Gasteiger charge is 2.10. The predicted octanol–water partition coefficient (Wildman–Crippen LogP) is 2.25. The highest BCUT2D eigenvalue weighted by molar-refractivity contribution is 5.94. The average Bonchev–Trinajstić information content (AvgIpc) is 2.52. The van der Waals surface area contributed by atoms with E-state index in [2.05, 4.69) is 10.3 Å². The Morgan fingerprint density at radius 1 is 1.14 bits per heavy atom. The summed E-state index contributed by atoms with van der Waals surface area (Å²) in [6, 6.07) is 11.2. The van der Waals surface area contributed by atoms with Gasteiger partial charge >= 0.3 is 0 Å². The summed E-state index contributed by atoms with van der Waals surface area (Å²) in [5, 5.41) is 2.70. The van der Waals surface area contributed by atoms with Crippen molar-refractivity contribution < 1.29 is 4.79 Å². The van der Waals surface area contributed by atoms with Gasteiger partial charge in [0, 0.05) is 32.0 Å². The first-order chi connectivity index (χ1) is 10.5. The number of H-pyrrole nitrogens is 1. The standard InChI is InChI=1S/C17H21N3O2/c1-4-11-18-16(21)14-9-10-15(19-17(14)22)12-5-7-13(8-6-12)20(2)3/h5-10H,4,11H2,1-3H3,(H,18,21)(H,19,22). The van der Waals surface area contributed by atoms with Gasteiger partial charge < -0.3 is 15.2 Å². The summed E-state index contributed by atoms with van der Waals surface area (Å²) in [6.45, 7) is 2.52. The Kier molecular flexibility index (Phi) is 4.99. The van der Waals surface area contributed by atoms with Gasteiger partial charge in [-0.1, -0.05) is 19.1 Å². The van der Waals surface area contributed by atoms with Gasteiger partial charge in [-0.05, 0) is 36.2 Å². The monoisotopic (exact) mass is 299 g/mol. The summed E-state index contributed by atoms with van der Waals surface area (Å²) in [7, 11) is 3.95. The van der Waals surface area contributed by atoms with Crippen LogP contribution in [-0.2, 0) is 0 Å². The lowest BCUT2D eigenvalue weighted by Gasteiger charge is -2.12. The van der Waals surface area contributed by atoms with Gasteiger partial charge in [0.05, 0.1) is 0 Å². The molecule has 2 N–H and O–H groups in total. The van der Waals surface area contributed by atoms with Crippen LogP contribution in [0.5, 0.6) is 0 Å². The minimum atomic E-state index is -0.372. The Morgan fingerprint density at radius 2 is 1.82 bits per heavy atom. The number of benzene rings is 1. The van der Waals surface area contributed by atoms with Gasteiger partial charge in [0.2, 0.25) is 0 Å². The van der Waals surface area contributed by atoms with Crippen LogP contribution in [0.15, 0.2) is 41.2 Å². The van der Waals surface area contributed by atoms with Crippen LogP contribution in [0.25, 0.3) is 11.3 Å². The van der Waals surface area contributed by atoms with Crippen LogP contribution >= 0.6 is 0 Å². The Bertz CT molecular complexity index is 703. The minimum Gasteiger partial charge on any atom is -0.378 e. The third kappa shape index (κ3) is 3.55. The highest BCUT2D eigenvalue weighted by atomic mass is 16.2. The maximum atomic E-state index is 12.1. The molecule has 1 amide bonds. The number of amides is 1. The lowest BCUT2D eigenvalue weighted by atomic mass is 10.1. The number of nitrogens with one attached hydrogen (secondary N) is 2. The van der Waals surface area contributed by atoms with Crippen molar-refractivity contribution >= 4 is 11.6 Å². The van der Waals surface area contributed by atoms with Crippen molar-refractivity contribution in [1.29, 1.82) is 0 Å². The molecule has 1 heterocycles. The Labute approximate surface area is 130 Å². The molecule has 0 saturated heterocycles. The van der Waals surface area contributed by atoms with Gasteiger partial charge in [-0.2, -0.15) is 0 Å². The van der Waals surface area contributed by atoms with Crippen LogP contribution in [0.4, 0.5) is 5.69 Å². The van der Waals surface area contributed by atoms with E-state index in [0.29, 0.717) is 12.2 Å². The van der Waals surface area contributed by atoms with Crippen molar-refractivity contribution in [3.05, 3.63) is 52.3 Å². The molecule has 0 aliphatic rings. The van der Waals surface area contributed by atoms with Crippen LogP contribution in [0.2, 0.25) is 0 Å². The third-order valence-corrected chi connectivity index (χ3v) is 3.38. The highest BCUT2D eigenvalue weighted by Crippen LogP contribution is 2.20. The molecule has 2 aromatic rings. The van der Waals surface area contributed by atoms with E-state index in [4.69, 9.17) is 0 Å². The molecule has 0 atom stereocenters. The van der Waals surface area contributed by atoms with Crippen molar-refractivity contribution in [3.8, 4) is 11.3 Å². The smallest absolute Gasteiger partial charge is 0.261 e. The molecule has 116 valence electrons. The molecule has 5 nitrogen and oxygen atoms in total. The van der Waals surface area contributed by atoms with Crippen LogP contribution < -0.4 is 15.8 Å². The largest absolute Gasteiger partial charge is 0.378 e. The second kappa shape index (κ2) is 6.93. The van der Waals surface area contributed by atoms with Gasteiger partial charge in [-0.25, -0.2) is 0 Å². The molecular formula is C17H21N3O2. The maximum absolute atomic E-state index is 12.1. The van der Waals surface area contributed by atoms with Gasteiger partial charge in [-0.3, -0.25) is 9.59 Å². The fourth-order valence-corrected chi connectivity index (χ4v) is 2.09. The Morgan fingerprint density at radius 3 is 2.36 bits per heavy atom. The zero-order valence-corrected chi connectivity index (χ0v) is 13.1. The quantitative estimate of drug-likeness (QED) is 0.890. The summed E-state index contributed by atoms with van der Waals surface area (Å²) in [5.74, 6) is -0.336. The topological polar surface area (TPSA) is 65.2 Å². The van der Waals surface area contributed by atoms with Crippen molar-refractivity contribution in [3.63, 3.8) is 0 Å². The summed E-state index contributed by atoms with van der Waals surface area (Å²) in [6.07, 6.45) is 0.833. The van der Waals surface area contributed by atoms with E-state index in [9.17, 15) is 9.59 Å². The van der Waals surface area contributed by atoms with Crippen LogP contribution in [0.1, 0.15) is 23.7 Å². The SMILES string of the molecule is CCCNC(=O)c1ccc(-c2ccc(N(C)C)cc2)[nH]c1=O. The number of rotatable bonds is 5. The third-order valence-electron chi connectivity index (χ3n) is 3.38. The number of anilines is 1. The molecule has 1 aromatic heterocycles. The second-order valence-corrected chi connectivity index (χ2v) is 5.31. The van der Waals surface area contributed by atoms with E-state index in [-0.39, 0.29) is 17.0 Å². The zero-order chi connectivity index (χ0) is 16.1. The molecule has 5 heteroatoms. The van der Waals surface area contributed by atoms with E-state index in [1.165, 1.54) is 0 Å². The molecule has 0 aliphatic carbocycles. The molecular weight excluding hydrogens is 278 g/mol. The molecule has 0 saturated carbocycles. The second-order valence-electron chi connectivity index (χ2n) is 5.31. The molecule has 0 aliphatic heterocycles. The Hall–Kier alpha value is -2.56. The predicted molar refractivity (Wildman–Crippen MR) is 89.4 cm³/mol. The van der Waals surface area contributed by atoms with E-state index in [1.54, 1.807) is 12.1 Å². The molecule has 0 fully saturated rings. The summed E-state index contributed by atoms with van der Waals surface area (Å²) in [5.41, 5.74) is 2.46. The van der Waals surface area contributed by atoms with Gasteiger partial charge in [-0.15, -0.1) is 0 Å². The number of carbonyl (C=O) groups is 1. The minimum absolute atomic E-state index is 0.141. The first-order valence-electron chi connectivity index (χ1n) is 7.32. The van der Waals surface area contributed by atoms with Crippen LogP contribution in [-0.4, -0.2) is 31.5 Å². The molecule has 1 aromatic carbocycles. The fraction of sp³-hybridized carbons (Fsp3) is 0.294. The van der Waals surface area contributed by atoms with Gasteiger partial charge in [0.15, 0.2) is 0 Å². The number of pyridine rings is 1. The fourth-order valence-electron chi connectivity index (χ4n) is 2.09. The number of hydrogen-bond donors (Lipinski definition) is 2. The zero-order valence-electron chi connectivity index (χ0n) is 13.1. The summed E-state index contributed by atoms with van der Waals surface area (Å²) >= 11 is 0.